The Hall–Kier alpha value is -2.64. The highest BCUT2D eigenvalue weighted by Crippen LogP contribution is 2.31. The first kappa shape index (κ1) is 24.5. The predicted molar refractivity (Wildman–Crippen MR) is 134 cm³/mol. The van der Waals surface area contributed by atoms with Crippen LogP contribution < -0.4 is 0 Å². The second kappa shape index (κ2) is 9.92. The van der Waals surface area contributed by atoms with Gasteiger partial charge in [0, 0.05) is 23.2 Å². The summed E-state index contributed by atoms with van der Waals surface area (Å²) < 4.78 is 28.4. The summed E-state index contributed by atoms with van der Waals surface area (Å²) in [6.07, 6.45) is 3.82. The quantitative estimate of drug-likeness (QED) is 0.392. The maximum absolute atomic E-state index is 13.5. The first-order valence-electron chi connectivity index (χ1n) is 11.5. The number of amides is 1. The molecule has 4 rings (SSSR count). The molecule has 34 heavy (non-hydrogen) atoms. The molecular formula is C26H30ClN3O3S. The smallest absolute Gasteiger partial charge is 0.254 e. The van der Waals surface area contributed by atoms with Crippen molar-refractivity contribution in [1.29, 1.82) is 0 Å². The van der Waals surface area contributed by atoms with E-state index in [1.807, 2.05) is 49.9 Å². The van der Waals surface area contributed by atoms with E-state index in [0.717, 1.165) is 18.4 Å². The molecule has 0 spiro atoms. The molecule has 1 amide bonds. The van der Waals surface area contributed by atoms with Crippen LogP contribution in [0.15, 0.2) is 59.9 Å². The Morgan fingerprint density at radius 3 is 2.56 bits per heavy atom. The van der Waals surface area contributed by atoms with Crippen molar-refractivity contribution in [2.75, 3.05) is 6.54 Å². The highest BCUT2D eigenvalue weighted by molar-refractivity contribution is 7.90. The first-order chi connectivity index (χ1) is 16.2. The van der Waals surface area contributed by atoms with Crippen LogP contribution in [-0.4, -0.2) is 35.3 Å². The molecule has 0 unspecified atom stereocenters. The summed E-state index contributed by atoms with van der Waals surface area (Å²) in [6, 6.07) is 14.3. The third kappa shape index (κ3) is 5.53. The highest BCUT2D eigenvalue weighted by atomic mass is 35.5. The van der Waals surface area contributed by atoms with Crippen LogP contribution in [0.1, 0.15) is 59.9 Å². The van der Waals surface area contributed by atoms with Crippen LogP contribution in [0.5, 0.6) is 0 Å². The van der Waals surface area contributed by atoms with Crippen LogP contribution in [0.3, 0.4) is 0 Å². The second-order valence-corrected chi connectivity index (χ2v) is 11.6. The third-order valence-corrected chi connectivity index (χ3v) is 7.88. The van der Waals surface area contributed by atoms with E-state index in [4.69, 9.17) is 11.6 Å². The van der Waals surface area contributed by atoms with E-state index < -0.39 is 9.84 Å². The Bertz CT molecular complexity index is 1300. The van der Waals surface area contributed by atoms with Gasteiger partial charge in [-0.2, -0.15) is 0 Å². The lowest BCUT2D eigenvalue weighted by atomic mass is 10.1. The van der Waals surface area contributed by atoms with Crippen LogP contribution in [0, 0.1) is 12.8 Å². The number of nitrogens with zero attached hydrogens (tertiary/aromatic N) is 3. The predicted octanol–water partition coefficient (Wildman–Crippen LogP) is 5.45. The molecule has 6 nitrogen and oxygen atoms in total. The number of carbonyl (C=O) groups excluding carboxylic acids is 1. The van der Waals surface area contributed by atoms with E-state index >= 15 is 0 Å². The summed E-state index contributed by atoms with van der Waals surface area (Å²) >= 11 is 6.05. The Balaban J connectivity index is 1.65. The molecule has 0 saturated heterocycles. The highest BCUT2D eigenvalue weighted by Gasteiger charge is 2.31. The van der Waals surface area contributed by atoms with Crippen molar-refractivity contribution in [3.05, 3.63) is 82.1 Å². The molecular weight excluding hydrogens is 470 g/mol. The molecule has 1 saturated carbocycles. The molecule has 3 aromatic rings. The van der Waals surface area contributed by atoms with Crippen molar-refractivity contribution < 1.29 is 13.2 Å². The van der Waals surface area contributed by atoms with Gasteiger partial charge in [0.1, 0.15) is 0 Å². The molecule has 1 aliphatic rings. The van der Waals surface area contributed by atoms with Crippen molar-refractivity contribution in [2.24, 2.45) is 5.92 Å². The first-order valence-corrected chi connectivity index (χ1v) is 13.6. The van der Waals surface area contributed by atoms with Gasteiger partial charge in [-0.05, 0) is 68.9 Å². The van der Waals surface area contributed by atoms with Crippen LogP contribution in [-0.2, 0) is 22.1 Å². The average molecular weight is 500 g/mol. The lowest BCUT2D eigenvalue weighted by Gasteiger charge is -2.25. The van der Waals surface area contributed by atoms with Gasteiger partial charge in [-0.25, -0.2) is 13.4 Å². The molecule has 1 aromatic heterocycles. The number of aryl methyl sites for hydroxylation is 1. The summed E-state index contributed by atoms with van der Waals surface area (Å²) in [5.74, 6) is 0.268. The van der Waals surface area contributed by atoms with Gasteiger partial charge in [0.25, 0.3) is 5.91 Å². The molecule has 2 aromatic carbocycles. The molecule has 0 atom stereocenters. The zero-order valence-corrected chi connectivity index (χ0v) is 21.3. The zero-order valence-electron chi connectivity index (χ0n) is 19.7. The number of imidazole rings is 1. The van der Waals surface area contributed by atoms with Gasteiger partial charge >= 0.3 is 0 Å². The zero-order chi connectivity index (χ0) is 24.5. The Kier molecular flexibility index (Phi) is 7.14. The molecule has 1 aliphatic carbocycles. The second-order valence-electron chi connectivity index (χ2n) is 9.33. The fraction of sp³-hybridized carbons (Fsp3) is 0.385. The monoisotopic (exact) mass is 499 g/mol. The topological polar surface area (TPSA) is 72.3 Å². The Labute approximate surface area is 206 Å². The molecule has 180 valence electrons. The molecule has 0 radical (unpaired) electrons. The largest absolute Gasteiger partial charge is 0.332 e. The van der Waals surface area contributed by atoms with Gasteiger partial charge in [-0.1, -0.05) is 41.9 Å². The molecule has 0 N–H and O–H groups in total. The van der Waals surface area contributed by atoms with Gasteiger partial charge in [0.15, 0.2) is 0 Å². The van der Waals surface area contributed by atoms with Gasteiger partial charge in [-0.15, -0.1) is 0 Å². The number of benzene rings is 2. The average Bonchev–Trinajstić information content (AvgIpc) is 3.48. The number of rotatable bonds is 9. The lowest BCUT2D eigenvalue weighted by Crippen LogP contribution is -2.34. The van der Waals surface area contributed by atoms with Crippen LogP contribution >= 0.6 is 11.6 Å². The fourth-order valence-electron chi connectivity index (χ4n) is 4.20. The molecule has 0 aliphatic heterocycles. The molecule has 1 fully saturated rings. The number of hydrogen-bond acceptors (Lipinski definition) is 4. The van der Waals surface area contributed by atoms with Gasteiger partial charge in [-0.3, -0.25) is 4.79 Å². The van der Waals surface area contributed by atoms with Crippen molar-refractivity contribution in [3.8, 4) is 0 Å². The minimum Gasteiger partial charge on any atom is -0.332 e. The molecule has 0 bridgehead atoms. The van der Waals surface area contributed by atoms with Crippen LogP contribution in [0.4, 0.5) is 0 Å². The van der Waals surface area contributed by atoms with E-state index in [2.05, 4.69) is 4.98 Å². The van der Waals surface area contributed by atoms with Crippen LogP contribution in [0.2, 0.25) is 5.02 Å². The summed E-state index contributed by atoms with van der Waals surface area (Å²) in [5, 5.41) is 0.512. The number of halogens is 1. The normalized spacial score (nSPS) is 13.9. The minimum absolute atomic E-state index is 0.0205. The number of sulfone groups is 1. The van der Waals surface area contributed by atoms with Gasteiger partial charge in [0.2, 0.25) is 15.0 Å². The van der Waals surface area contributed by atoms with E-state index in [9.17, 15) is 13.2 Å². The maximum Gasteiger partial charge on any atom is 0.254 e. The number of hydrogen-bond donors (Lipinski definition) is 0. The van der Waals surface area contributed by atoms with Crippen molar-refractivity contribution in [3.63, 3.8) is 0 Å². The lowest BCUT2D eigenvalue weighted by molar-refractivity contribution is 0.0729. The summed E-state index contributed by atoms with van der Waals surface area (Å²) in [5.41, 5.74) is 2.92. The maximum atomic E-state index is 13.5. The number of aromatic nitrogens is 2. The standard InChI is InChI=1S/C26H30ClN3O3S/c1-18(2)30-23(14-28-26(30)34(32,33)17-21-8-6-9-22(27)13-21)16-29(15-20-11-12-20)25(31)24-10-5-4-7-19(24)3/h4-10,13-14,18,20H,11-12,15-17H2,1-3H3. The SMILES string of the molecule is Cc1ccccc1C(=O)N(Cc1cnc(S(=O)(=O)Cc2cccc(Cl)c2)n1C(C)C)CC1CC1. The van der Waals surface area contributed by atoms with E-state index in [-0.39, 0.29) is 22.9 Å². The van der Waals surface area contributed by atoms with Gasteiger partial charge < -0.3 is 9.47 Å². The Morgan fingerprint density at radius 1 is 1.18 bits per heavy atom. The number of carbonyl (C=O) groups is 1. The van der Waals surface area contributed by atoms with E-state index in [0.29, 0.717) is 40.9 Å². The summed E-state index contributed by atoms with van der Waals surface area (Å²) in [6.45, 7) is 6.75. The molecule has 8 heteroatoms. The van der Waals surface area contributed by atoms with Crippen LogP contribution in [0.25, 0.3) is 0 Å². The molecule has 1 heterocycles. The van der Waals surface area contributed by atoms with Gasteiger partial charge in [0.05, 0.1) is 24.2 Å². The minimum atomic E-state index is -3.72. The van der Waals surface area contributed by atoms with E-state index in [1.54, 1.807) is 35.0 Å². The summed E-state index contributed by atoms with van der Waals surface area (Å²) in [7, 11) is -3.72. The Morgan fingerprint density at radius 2 is 1.91 bits per heavy atom. The fourth-order valence-corrected chi connectivity index (χ4v) is 6.00. The van der Waals surface area contributed by atoms with E-state index in [1.165, 1.54) is 0 Å². The van der Waals surface area contributed by atoms with Crippen molar-refractivity contribution in [1.82, 2.24) is 14.5 Å². The third-order valence-electron chi connectivity index (χ3n) is 6.07. The summed E-state index contributed by atoms with van der Waals surface area (Å²) in [4.78, 5) is 19.6. The van der Waals surface area contributed by atoms with Crippen molar-refractivity contribution >= 4 is 27.3 Å². The van der Waals surface area contributed by atoms with Crippen molar-refractivity contribution in [2.45, 2.75) is 57.1 Å².